The second kappa shape index (κ2) is 14.7. The number of amides is 4. The second-order valence-electron chi connectivity index (χ2n) is 11.8. The number of rotatable bonds is 13. The van der Waals surface area contributed by atoms with Gasteiger partial charge in [0.2, 0.25) is 0 Å². The Labute approximate surface area is 263 Å². The molecule has 0 aliphatic carbocycles. The van der Waals surface area contributed by atoms with Crippen LogP contribution in [-0.2, 0) is 38.4 Å². The molecule has 236 valence electrons. The average Bonchev–Trinajstić information content (AvgIpc) is 3.05. The fraction of sp³-hybridized carbons (Fsp3) is 0.371. The predicted octanol–water partition coefficient (Wildman–Crippen LogP) is 2.66. The van der Waals surface area contributed by atoms with Gasteiger partial charge < -0.3 is 30.2 Å². The molecule has 10 nitrogen and oxygen atoms in total. The lowest BCUT2D eigenvalue weighted by Gasteiger charge is -2.41. The van der Waals surface area contributed by atoms with Crippen molar-refractivity contribution in [1.29, 1.82) is 0 Å². The standard InChI is InChI=1S/C35H40N4O6/c40-30-13-9-26(10-14-30)18-20-38-28(23-36-32(42)33(38)43)8-4-5-19-37-24-29(22-27-11-15-31(41)16-12-27)39(35(45)34(37)44)21-17-25-6-2-1-3-7-25/h1-3,6-7,9-16,28-29,40-41H,4-5,8,17-24H2,(H,36,42)/t28-,29+/m1/s1. The van der Waals surface area contributed by atoms with Gasteiger partial charge in [0.15, 0.2) is 0 Å². The van der Waals surface area contributed by atoms with Gasteiger partial charge >= 0.3 is 23.6 Å². The van der Waals surface area contributed by atoms with Crippen LogP contribution in [0.25, 0.3) is 0 Å². The van der Waals surface area contributed by atoms with E-state index in [1.807, 2.05) is 42.5 Å². The Morgan fingerprint density at radius 2 is 1.20 bits per heavy atom. The molecule has 0 spiro atoms. The monoisotopic (exact) mass is 612 g/mol. The summed E-state index contributed by atoms with van der Waals surface area (Å²) in [4.78, 5) is 56.4. The van der Waals surface area contributed by atoms with Crippen molar-refractivity contribution < 1.29 is 29.4 Å². The molecule has 3 N–H and O–H groups in total. The number of benzene rings is 3. The molecule has 2 fully saturated rings. The SMILES string of the molecule is O=C1NC[C@@H](CCCCN2C[C@H](Cc3ccc(O)cc3)N(CCc3ccccc3)C(=O)C2=O)N(CCc2ccc(O)cc2)C1=O. The Kier molecular flexibility index (Phi) is 10.3. The van der Waals surface area contributed by atoms with Gasteiger partial charge in [-0.1, -0.05) is 54.6 Å². The van der Waals surface area contributed by atoms with Gasteiger partial charge in [0, 0.05) is 38.8 Å². The largest absolute Gasteiger partial charge is 0.508 e. The van der Waals surface area contributed by atoms with Crippen molar-refractivity contribution in [2.75, 3.05) is 32.7 Å². The summed E-state index contributed by atoms with van der Waals surface area (Å²) in [5.41, 5.74) is 3.03. The first-order valence-corrected chi connectivity index (χ1v) is 15.6. The van der Waals surface area contributed by atoms with Crippen LogP contribution >= 0.6 is 0 Å². The number of unbranched alkanes of at least 4 members (excludes halogenated alkanes) is 1. The normalized spacial score (nSPS) is 18.8. The predicted molar refractivity (Wildman–Crippen MR) is 168 cm³/mol. The third kappa shape index (κ3) is 8.20. The molecule has 0 aromatic heterocycles. The van der Waals surface area contributed by atoms with E-state index in [0.717, 1.165) is 16.7 Å². The lowest BCUT2D eigenvalue weighted by Crippen LogP contribution is -2.60. The maximum atomic E-state index is 13.4. The Morgan fingerprint density at radius 1 is 0.622 bits per heavy atom. The highest BCUT2D eigenvalue weighted by molar-refractivity contribution is 6.36. The number of nitrogens with zero attached hydrogens (tertiary/aromatic N) is 3. The third-order valence-corrected chi connectivity index (χ3v) is 8.68. The number of hydrogen-bond donors (Lipinski definition) is 3. The molecule has 2 atom stereocenters. The molecule has 3 aromatic carbocycles. The first-order chi connectivity index (χ1) is 21.8. The van der Waals surface area contributed by atoms with E-state index in [1.54, 1.807) is 51.1 Å². The van der Waals surface area contributed by atoms with Gasteiger partial charge in [0.05, 0.1) is 6.04 Å². The van der Waals surface area contributed by atoms with Crippen molar-refractivity contribution >= 4 is 23.6 Å². The van der Waals surface area contributed by atoms with Crippen LogP contribution in [0.15, 0.2) is 78.9 Å². The molecular formula is C35H40N4O6. The summed E-state index contributed by atoms with van der Waals surface area (Å²) in [6, 6.07) is 23.3. The summed E-state index contributed by atoms with van der Waals surface area (Å²) in [6.07, 6.45) is 3.78. The highest BCUT2D eigenvalue weighted by Gasteiger charge is 2.39. The molecule has 10 heteroatoms. The van der Waals surface area contributed by atoms with Crippen LogP contribution in [0.3, 0.4) is 0 Å². The minimum Gasteiger partial charge on any atom is -0.508 e. The Hall–Kier alpha value is -4.86. The summed E-state index contributed by atoms with van der Waals surface area (Å²) >= 11 is 0. The Bertz CT molecular complexity index is 1480. The number of phenolic OH excluding ortho intramolecular Hbond substituents is 2. The number of hydrogen-bond acceptors (Lipinski definition) is 6. The van der Waals surface area contributed by atoms with Crippen LogP contribution in [0.2, 0.25) is 0 Å². The number of carbonyl (C=O) groups is 4. The molecule has 45 heavy (non-hydrogen) atoms. The molecular weight excluding hydrogens is 572 g/mol. The molecule has 4 amide bonds. The first kappa shape index (κ1) is 31.6. The third-order valence-electron chi connectivity index (χ3n) is 8.68. The maximum Gasteiger partial charge on any atom is 0.312 e. The Balaban J connectivity index is 1.18. The summed E-state index contributed by atoms with van der Waals surface area (Å²) in [6.45, 7) is 2.03. The van der Waals surface area contributed by atoms with E-state index in [1.165, 1.54) is 0 Å². The smallest absolute Gasteiger partial charge is 0.312 e. The van der Waals surface area contributed by atoms with Crippen LogP contribution < -0.4 is 5.32 Å². The van der Waals surface area contributed by atoms with E-state index in [9.17, 15) is 29.4 Å². The minimum absolute atomic E-state index is 0.165. The van der Waals surface area contributed by atoms with Crippen LogP contribution in [0.4, 0.5) is 0 Å². The quantitative estimate of drug-likeness (QED) is 0.201. The van der Waals surface area contributed by atoms with Crippen molar-refractivity contribution in [3.8, 4) is 11.5 Å². The van der Waals surface area contributed by atoms with Crippen molar-refractivity contribution in [1.82, 2.24) is 20.0 Å². The summed E-state index contributed by atoms with van der Waals surface area (Å²) < 4.78 is 0. The van der Waals surface area contributed by atoms with E-state index in [4.69, 9.17) is 0 Å². The lowest BCUT2D eigenvalue weighted by molar-refractivity contribution is -0.159. The highest BCUT2D eigenvalue weighted by atomic mass is 16.3. The molecule has 2 heterocycles. The average molecular weight is 613 g/mol. The van der Waals surface area contributed by atoms with Gasteiger partial charge in [-0.25, -0.2) is 0 Å². The highest BCUT2D eigenvalue weighted by Crippen LogP contribution is 2.21. The molecule has 0 radical (unpaired) electrons. The van der Waals surface area contributed by atoms with Gasteiger partial charge in [-0.3, -0.25) is 19.2 Å². The van der Waals surface area contributed by atoms with Crippen LogP contribution in [0, 0.1) is 0 Å². The maximum absolute atomic E-state index is 13.4. The summed E-state index contributed by atoms with van der Waals surface area (Å²) in [5, 5.41) is 22.0. The first-order valence-electron chi connectivity index (χ1n) is 15.6. The minimum atomic E-state index is -0.606. The van der Waals surface area contributed by atoms with Gasteiger partial charge in [-0.2, -0.15) is 0 Å². The lowest BCUT2D eigenvalue weighted by atomic mass is 9.99. The van der Waals surface area contributed by atoms with Gasteiger partial charge in [-0.05, 0) is 79.5 Å². The van der Waals surface area contributed by atoms with Crippen LogP contribution in [-0.4, -0.2) is 93.3 Å². The zero-order valence-corrected chi connectivity index (χ0v) is 25.3. The van der Waals surface area contributed by atoms with Crippen molar-refractivity contribution in [3.63, 3.8) is 0 Å². The number of carbonyl (C=O) groups excluding carboxylic acids is 4. The van der Waals surface area contributed by atoms with Crippen molar-refractivity contribution in [3.05, 3.63) is 95.6 Å². The van der Waals surface area contributed by atoms with Gasteiger partial charge in [0.1, 0.15) is 11.5 Å². The number of phenols is 2. The Morgan fingerprint density at radius 3 is 1.84 bits per heavy atom. The van der Waals surface area contributed by atoms with E-state index < -0.39 is 23.6 Å². The number of nitrogens with one attached hydrogen (secondary N) is 1. The number of aromatic hydroxyl groups is 2. The summed E-state index contributed by atoms with van der Waals surface area (Å²) in [7, 11) is 0. The van der Waals surface area contributed by atoms with Crippen LogP contribution in [0.1, 0.15) is 36.0 Å². The van der Waals surface area contributed by atoms with Crippen LogP contribution in [0.5, 0.6) is 11.5 Å². The molecule has 0 bridgehead atoms. The molecule has 0 saturated carbocycles. The fourth-order valence-corrected chi connectivity index (χ4v) is 6.14. The summed E-state index contributed by atoms with van der Waals surface area (Å²) in [5.74, 6) is -1.80. The van der Waals surface area contributed by atoms with E-state index in [-0.39, 0.29) is 23.6 Å². The number of piperazine rings is 2. The zero-order valence-electron chi connectivity index (χ0n) is 25.3. The van der Waals surface area contributed by atoms with E-state index >= 15 is 0 Å². The fourth-order valence-electron chi connectivity index (χ4n) is 6.14. The van der Waals surface area contributed by atoms with E-state index in [2.05, 4.69) is 5.32 Å². The van der Waals surface area contributed by atoms with Gasteiger partial charge in [0.25, 0.3) is 0 Å². The molecule has 2 saturated heterocycles. The van der Waals surface area contributed by atoms with E-state index in [0.29, 0.717) is 71.2 Å². The zero-order chi connectivity index (χ0) is 31.8. The molecule has 5 rings (SSSR count). The van der Waals surface area contributed by atoms with Crippen molar-refractivity contribution in [2.45, 2.75) is 50.6 Å². The van der Waals surface area contributed by atoms with Crippen molar-refractivity contribution in [2.24, 2.45) is 0 Å². The second-order valence-corrected chi connectivity index (χ2v) is 11.8. The molecule has 2 aliphatic heterocycles. The van der Waals surface area contributed by atoms with Gasteiger partial charge in [-0.15, -0.1) is 0 Å². The molecule has 0 unspecified atom stereocenters. The topological polar surface area (TPSA) is 130 Å². The molecule has 3 aromatic rings. The molecule has 2 aliphatic rings.